The summed E-state index contributed by atoms with van der Waals surface area (Å²) >= 11 is 6.15. The summed E-state index contributed by atoms with van der Waals surface area (Å²) < 4.78 is 0. The molecular formula is C17H27ClN2O. The Bertz CT molecular complexity index is 437. The fourth-order valence-electron chi connectivity index (χ4n) is 3.16. The van der Waals surface area contributed by atoms with Gasteiger partial charge in [-0.3, -0.25) is 0 Å². The van der Waals surface area contributed by atoms with Gasteiger partial charge in [0.25, 0.3) is 0 Å². The summed E-state index contributed by atoms with van der Waals surface area (Å²) in [4.78, 5) is 4.85. The number of aliphatic hydroxyl groups is 1. The van der Waals surface area contributed by atoms with Gasteiger partial charge in [0.05, 0.1) is 6.10 Å². The summed E-state index contributed by atoms with van der Waals surface area (Å²) in [5.74, 6) is 0.725. The van der Waals surface area contributed by atoms with Gasteiger partial charge in [-0.25, -0.2) is 0 Å². The topological polar surface area (TPSA) is 26.7 Å². The molecule has 1 N–H and O–H groups in total. The smallest absolute Gasteiger partial charge is 0.0931 e. The largest absolute Gasteiger partial charge is 0.387 e. The molecule has 0 saturated carbocycles. The number of hydrogen-bond acceptors (Lipinski definition) is 3. The second-order valence-corrected chi connectivity index (χ2v) is 6.34. The first kappa shape index (κ1) is 16.8. The number of aliphatic hydroxyl groups excluding tert-OH is 1. The highest BCUT2D eigenvalue weighted by Crippen LogP contribution is 2.25. The Hall–Kier alpha value is -0.610. The zero-order valence-corrected chi connectivity index (χ0v) is 13.9. The molecule has 2 atom stereocenters. The summed E-state index contributed by atoms with van der Waals surface area (Å²) in [6.45, 7) is 10.7. The average Bonchev–Trinajstić information content (AvgIpc) is 2.92. The normalized spacial score (nSPS) is 21.1. The zero-order chi connectivity index (χ0) is 15.2. The van der Waals surface area contributed by atoms with Gasteiger partial charge >= 0.3 is 0 Å². The molecule has 0 aliphatic carbocycles. The van der Waals surface area contributed by atoms with Crippen molar-refractivity contribution in [3.63, 3.8) is 0 Å². The van der Waals surface area contributed by atoms with Crippen molar-refractivity contribution in [2.45, 2.75) is 26.4 Å². The van der Waals surface area contributed by atoms with Crippen molar-refractivity contribution in [2.24, 2.45) is 5.92 Å². The van der Waals surface area contributed by atoms with Crippen LogP contribution in [-0.4, -0.2) is 54.2 Å². The highest BCUT2D eigenvalue weighted by Gasteiger charge is 2.26. The third-order valence-electron chi connectivity index (χ3n) is 4.48. The maximum atomic E-state index is 10.4. The van der Waals surface area contributed by atoms with Crippen LogP contribution in [0.5, 0.6) is 0 Å². The first-order chi connectivity index (χ1) is 10.1. The Morgan fingerprint density at radius 2 is 2.05 bits per heavy atom. The van der Waals surface area contributed by atoms with E-state index in [1.54, 1.807) is 0 Å². The van der Waals surface area contributed by atoms with Crippen molar-refractivity contribution >= 4 is 11.6 Å². The number of halogens is 1. The highest BCUT2D eigenvalue weighted by atomic mass is 35.5. The molecule has 0 spiro atoms. The third kappa shape index (κ3) is 4.68. The van der Waals surface area contributed by atoms with Crippen LogP contribution in [-0.2, 0) is 0 Å². The minimum absolute atomic E-state index is 0.495. The fraction of sp³-hybridized carbons (Fsp3) is 0.647. The maximum Gasteiger partial charge on any atom is 0.0931 e. The Balaban J connectivity index is 1.84. The number of benzene rings is 1. The van der Waals surface area contributed by atoms with Crippen molar-refractivity contribution in [1.82, 2.24) is 9.80 Å². The van der Waals surface area contributed by atoms with Crippen molar-refractivity contribution in [2.75, 3.05) is 39.3 Å². The van der Waals surface area contributed by atoms with E-state index in [-0.39, 0.29) is 0 Å². The summed E-state index contributed by atoms with van der Waals surface area (Å²) in [6, 6.07) is 7.58. The minimum Gasteiger partial charge on any atom is -0.387 e. The van der Waals surface area contributed by atoms with E-state index in [1.807, 2.05) is 24.3 Å². The Morgan fingerprint density at radius 3 is 2.71 bits per heavy atom. The van der Waals surface area contributed by atoms with Gasteiger partial charge < -0.3 is 14.9 Å². The number of rotatable bonds is 7. The summed E-state index contributed by atoms with van der Waals surface area (Å²) in [5.41, 5.74) is 0.839. The quantitative estimate of drug-likeness (QED) is 0.838. The standard InChI is InChI=1S/C17H27ClN2O/c1-3-19(4-2)11-14-9-10-20(12-14)13-17(21)15-7-5-6-8-16(15)18/h5-8,14,17,21H,3-4,9-13H2,1-2H3. The van der Waals surface area contributed by atoms with Crippen molar-refractivity contribution in [1.29, 1.82) is 0 Å². The summed E-state index contributed by atoms with van der Waals surface area (Å²) in [7, 11) is 0. The van der Waals surface area contributed by atoms with E-state index in [2.05, 4.69) is 23.6 Å². The number of likely N-dealkylation sites (tertiary alicyclic amines) is 1. The van der Waals surface area contributed by atoms with Gasteiger partial charge in [0.15, 0.2) is 0 Å². The third-order valence-corrected chi connectivity index (χ3v) is 4.82. The molecule has 1 fully saturated rings. The summed E-state index contributed by atoms with van der Waals surface area (Å²) in [6.07, 6.45) is 0.733. The highest BCUT2D eigenvalue weighted by molar-refractivity contribution is 6.31. The van der Waals surface area contributed by atoms with E-state index in [1.165, 1.54) is 13.0 Å². The Morgan fingerprint density at radius 1 is 1.33 bits per heavy atom. The van der Waals surface area contributed by atoms with Crippen molar-refractivity contribution < 1.29 is 5.11 Å². The lowest BCUT2D eigenvalue weighted by Gasteiger charge is -2.24. The second kappa shape index (κ2) is 8.14. The number of β-amino-alcohol motifs (C(OH)–C–C–N with tert-alkyl or cyclic N) is 1. The Kier molecular flexibility index (Phi) is 6.49. The van der Waals surface area contributed by atoms with Crippen LogP contribution in [0.25, 0.3) is 0 Å². The van der Waals surface area contributed by atoms with Crippen molar-refractivity contribution in [3.05, 3.63) is 34.9 Å². The molecule has 1 aliphatic heterocycles. The van der Waals surface area contributed by atoms with E-state index < -0.39 is 6.10 Å². The molecule has 0 bridgehead atoms. The van der Waals surface area contributed by atoms with Gasteiger partial charge in [0.2, 0.25) is 0 Å². The van der Waals surface area contributed by atoms with E-state index in [0.29, 0.717) is 11.6 Å². The van der Waals surface area contributed by atoms with Crippen LogP contribution in [0.15, 0.2) is 24.3 Å². The molecule has 4 heteroatoms. The number of nitrogens with zero attached hydrogens (tertiary/aromatic N) is 2. The van der Waals surface area contributed by atoms with E-state index in [4.69, 9.17) is 11.6 Å². The van der Waals surface area contributed by atoms with Gasteiger partial charge in [-0.15, -0.1) is 0 Å². The average molecular weight is 311 g/mol. The molecule has 1 saturated heterocycles. The fourth-order valence-corrected chi connectivity index (χ4v) is 3.42. The maximum absolute atomic E-state index is 10.4. The minimum atomic E-state index is -0.495. The molecular weight excluding hydrogens is 284 g/mol. The van der Waals surface area contributed by atoms with E-state index >= 15 is 0 Å². The van der Waals surface area contributed by atoms with Crippen LogP contribution in [0.1, 0.15) is 31.9 Å². The van der Waals surface area contributed by atoms with Gasteiger partial charge in [-0.1, -0.05) is 43.6 Å². The van der Waals surface area contributed by atoms with Crippen molar-refractivity contribution in [3.8, 4) is 0 Å². The number of hydrogen-bond donors (Lipinski definition) is 1. The molecule has 1 aromatic carbocycles. The van der Waals surface area contributed by atoms with Gasteiger partial charge in [0.1, 0.15) is 0 Å². The van der Waals surface area contributed by atoms with Crippen LogP contribution in [0, 0.1) is 5.92 Å². The molecule has 3 nitrogen and oxygen atoms in total. The molecule has 0 radical (unpaired) electrons. The van der Waals surface area contributed by atoms with E-state index in [0.717, 1.165) is 37.7 Å². The molecule has 1 aliphatic rings. The Labute approximate surface area is 133 Å². The van der Waals surface area contributed by atoms with Crippen LogP contribution < -0.4 is 0 Å². The molecule has 1 heterocycles. The van der Waals surface area contributed by atoms with E-state index in [9.17, 15) is 5.11 Å². The second-order valence-electron chi connectivity index (χ2n) is 5.94. The first-order valence-electron chi connectivity index (χ1n) is 8.01. The van der Waals surface area contributed by atoms with Crippen LogP contribution in [0.3, 0.4) is 0 Å². The lowest BCUT2D eigenvalue weighted by Crippen LogP contribution is -2.32. The van der Waals surface area contributed by atoms with Crippen LogP contribution in [0.2, 0.25) is 5.02 Å². The lowest BCUT2D eigenvalue weighted by molar-refractivity contribution is 0.122. The molecule has 0 aromatic heterocycles. The van der Waals surface area contributed by atoms with Crippen LogP contribution in [0.4, 0.5) is 0 Å². The zero-order valence-electron chi connectivity index (χ0n) is 13.1. The predicted octanol–water partition coefficient (Wildman–Crippen LogP) is 3.04. The van der Waals surface area contributed by atoms with Gasteiger partial charge in [0, 0.05) is 30.2 Å². The molecule has 118 valence electrons. The van der Waals surface area contributed by atoms with Gasteiger partial charge in [-0.05, 0) is 38.0 Å². The lowest BCUT2D eigenvalue weighted by atomic mass is 10.1. The first-order valence-corrected chi connectivity index (χ1v) is 8.39. The molecule has 0 amide bonds. The monoisotopic (exact) mass is 310 g/mol. The molecule has 21 heavy (non-hydrogen) atoms. The SMILES string of the molecule is CCN(CC)CC1CCN(CC(O)c2ccccc2Cl)C1. The molecule has 2 rings (SSSR count). The summed E-state index contributed by atoms with van der Waals surface area (Å²) in [5, 5.41) is 11.0. The molecule has 1 aromatic rings. The predicted molar refractivity (Wildman–Crippen MR) is 88.7 cm³/mol. The molecule has 2 unspecified atom stereocenters. The van der Waals surface area contributed by atoms with Gasteiger partial charge in [-0.2, -0.15) is 0 Å². The van der Waals surface area contributed by atoms with Crippen LogP contribution >= 0.6 is 11.6 Å².